The molecule has 0 saturated carbocycles. The fourth-order valence-corrected chi connectivity index (χ4v) is 3.73. The van der Waals surface area contributed by atoms with E-state index >= 15 is 0 Å². The molecule has 1 amide bonds. The van der Waals surface area contributed by atoms with Gasteiger partial charge in [-0.3, -0.25) is 4.57 Å². The third-order valence-electron chi connectivity index (χ3n) is 3.77. The van der Waals surface area contributed by atoms with Gasteiger partial charge in [-0.1, -0.05) is 19.6 Å². The Morgan fingerprint density at radius 3 is 2.45 bits per heavy atom. The number of methoxy groups -OCH3 is 1. The number of hydrogen-bond acceptors (Lipinski definition) is 6. The lowest BCUT2D eigenvalue weighted by Crippen LogP contribution is -2.45. The summed E-state index contributed by atoms with van der Waals surface area (Å²) in [6.45, 7) is 12.3. The molecule has 11 heteroatoms. The summed E-state index contributed by atoms with van der Waals surface area (Å²) >= 11 is 1.89. The fraction of sp³-hybridized carbons (Fsp3) is 0.722. The Kier molecular flexibility index (Phi) is 9.53. The minimum atomic E-state index is -1.27. The van der Waals surface area contributed by atoms with E-state index in [4.69, 9.17) is 14.2 Å². The first kappa shape index (κ1) is 25.8. The zero-order valence-corrected chi connectivity index (χ0v) is 21.3. The number of nitrogens with zero attached hydrogens (tertiary/aromatic N) is 2. The van der Waals surface area contributed by atoms with Crippen molar-refractivity contribution < 1.29 is 28.2 Å². The molecule has 1 aromatic rings. The first-order chi connectivity index (χ1) is 13.2. The molecule has 1 heterocycles. The van der Waals surface area contributed by atoms with Crippen LogP contribution in [-0.4, -0.2) is 55.0 Å². The molecule has 0 aromatic carbocycles. The van der Waals surface area contributed by atoms with Gasteiger partial charge in [0, 0.05) is 21.1 Å². The van der Waals surface area contributed by atoms with Crippen LogP contribution in [0, 0.1) is 9.78 Å². The Labute approximate surface area is 186 Å². The van der Waals surface area contributed by atoms with Crippen molar-refractivity contribution in [1.82, 2.24) is 14.9 Å². The predicted molar refractivity (Wildman–Crippen MR) is 118 cm³/mol. The second-order valence-corrected chi connectivity index (χ2v) is 15.5. The third-order valence-corrected chi connectivity index (χ3v) is 6.34. The van der Waals surface area contributed by atoms with E-state index in [9.17, 15) is 14.0 Å². The maximum Gasteiger partial charge on any atom is 0.408 e. The van der Waals surface area contributed by atoms with Gasteiger partial charge in [0.05, 0.1) is 12.8 Å². The summed E-state index contributed by atoms with van der Waals surface area (Å²) in [4.78, 5) is 28.1. The highest BCUT2D eigenvalue weighted by molar-refractivity contribution is 14.1. The van der Waals surface area contributed by atoms with Gasteiger partial charge in [0.15, 0.2) is 0 Å². The van der Waals surface area contributed by atoms with E-state index in [-0.39, 0.29) is 13.2 Å². The SMILES string of the molecule is COC(=O)[C@H](Cc1c(I)nc(F)n1COCC[Si](C)(C)C)NC(=O)OC(C)(C)C. The third kappa shape index (κ3) is 9.43. The number of carbonyl (C=O) groups is 2. The number of halogens is 2. The van der Waals surface area contributed by atoms with Crippen molar-refractivity contribution in [3.05, 3.63) is 15.5 Å². The lowest BCUT2D eigenvalue weighted by molar-refractivity contribution is -0.143. The van der Waals surface area contributed by atoms with Crippen molar-refractivity contribution >= 4 is 42.7 Å². The number of alkyl carbamates (subject to hydrolysis) is 1. The minimum absolute atomic E-state index is 0.0154. The van der Waals surface area contributed by atoms with Crippen LogP contribution in [0.4, 0.5) is 9.18 Å². The molecular formula is C18H31FIN3O5Si. The number of carbonyl (C=O) groups excluding carboxylic acids is 2. The predicted octanol–water partition coefficient (Wildman–Crippen LogP) is 3.55. The Morgan fingerprint density at radius 1 is 1.31 bits per heavy atom. The van der Waals surface area contributed by atoms with E-state index in [0.717, 1.165) is 6.04 Å². The van der Waals surface area contributed by atoms with Crippen LogP contribution in [-0.2, 0) is 32.2 Å². The fourth-order valence-electron chi connectivity index (χ4n) is 2.27. The normalized spacial score (nSPS) is 13.1. The van der Waals surface area contributed by atoms with Crippen molar-refractivity contribution in [3.8, 4) is 0 Å². The van der Waals surface area contributed by atoms with Crippen LogP contribution >= 0.6 is 22.6 Å². The molecule has 0 aliphatic rings. The topological polar surface area (TPSA) is 91.7 Å². The van der Waals surface area contributed by atoms with Crippen molar-refractivity contribution in [2.75, 3.05) is 13.7 Å². The molecule has 0 unspecified atom stereocenters. The van der Waals surface area contributed by atoms with Crippen LogP contribution in [0.15, 0.2) is 0 Å². The maximum atomic E-state index is 14.3. The van der Waals surface area contributed by atoms with E-state index < -0.39 is 37.9 Å². The standard InChI is InChI=1S/C18H31FIN3O5Si/c1-18(2,3)28-17(25)21-12(15(24)26-4)10-13-14(20)22-16(19)23(13)11-27-8-9-29(5,6)7/h12H,8-11H2,1-7H3,(H,21,25)/t12-/m0/s1. The number of ether oxygens (including phenoxy) is 3. The molecule has 166 valence electrons. The summed E-state index contributed by atoms with van der Waals surface area (Å²) in [7, 11) is -0.0526. The van der Waals surface area contributed by atoms with Gasteiger partial charge in [-0.2, -0.15) is 9.37 Å². The van der Waals surface area contributed by atoms with Gasteiger partial charge in [0.25, 0.3) is 6.08 Å². The summed E-state index contributed by atoms with van der Waals surface area (Å²) in [5.74, 6) is -0.667. The molecule has 0 saturated heterocycles. The molecule has 0 fully saturated rings. The van der Waals surface area contributed by atoms with Crippen LogP contribution < -0.4 is 5.32 Å². The lowest BCUT2D eigenvalue weighted by Gasteiger charge is -2.23. The zero-order chi connectivity index (χ0) is 22.4. The average Bonchev–Trinajstić information content (AvgIpc) is 2.81. The number of rotatable bonds is 9. The molecule has 0 bridgehead atoms. The van der Waals surface area contributed by atoms with Gasteiger partial charge in [0.2, 0.25) is 0 Å². The molecule has 0 radical (unpaired) electrons. The number of hydrogen-bond donors (Lipinski definition) is 1. The van der Waals surface area contributed by atoms with Crippen LogP contribution in [0.1, 0.15) is 26.5 Å². The zero-order valence-electron chi connectivity index (χ0n) is 18.1. The number of esters is 1. The number of aromatic nitrogens is 2. The summed E-state index contributed by atoms with van der Waals surface area (Å²) in [6, 6.07) is -0.110. The van der Waals surface area contributed by atoms with Crippen LogP contribution in [0.3, 0.4) is 0 Å². The molecule has 0 aliphatic carbocycles. The van der Waals surface area contributed by atoms with Gasteiger partial charge in [-0.05, 0) is 49.4 Å². The minimum Gasteiger partial charge on any atom is -0.467 e. The monoisotopic (exact) mass is 543 g/mol. The second-order valence-electron chi connectivity index (χ2n) is 8.82. The van der Waals surface area contributed by atoms with Gasteiger partial charge in [-0.25, -0.2) is 9.59 Å². The first-order valence-corrected chi connectivity index (χ1v) is 14.1. The van der Waals surface area contributed by atoms with Crippen LogP contribution in [0.25, 0.3) is 0 Å². The number of imidazole rings is 1. The van der Waals surface area contributed by atoms with Gasteiger partial charge in [-0.15, -0.1) is 0 Å². The number of nitrogens with one attached hydrogen (secondary N) is 1. The molecule has 0 aliphatic heterocycles. The highest BCUT2D eigenvalue weighted by Gasteiger charge is 2.28. The van der Waals surface area contributed by atoms with Gasteiger partial charge < -0.3 is 19.5 Å². The molecular weight excluding hydrogens is 512 g/mol. The Morgan fingerprint density at radius 2 is 1.93 bits per heavy atom. The van der Waals surface area contributed by atoms with E-state index in [0.29, 0.717) is 16.0 Å². The van der Waals surface area contributed by atoms with E-state index in [2.05, 4.69) is 29.9 Å². The summed E-state index contributed by atoms with van der Waals surface area (Å²) in [6.07, 6.45) is -1.49. The lowest BCUT2D eigenvalue weighted by atomic mass is 10.1. The Hall–Kier alpha value is -1.21. The van der Waals surface area contributed by atoms with Crippen molar-refractivity contribution in [2.24, 2.45) is 0 Å². The molecule has 0 spiro atoms. The average molecular weight is 543 g/mol. The second kappa shape index (κ2) is 10.7. The van der Waals surface area contributed by atoms with E-state index in [1.54, 1.807) is 20.8 Å². The maximum absolute atomic E-state index is 14.3. The van der Waals surface area contributed by atoms with Gasteiger partial charge in [0.1, 0.15) is 22.1 Å². The summed E-state index contributed by atoms with van der Waals surface area (Å²) in [5, 5.41) is 2.49. The first-order valence-electron chi connectivity index (χ1n) is 9.29. The van der Waals surface area contributed by atoms with Crippen LogP contribution in [0.2, 0.25) is 25.7 Å². The van der Waals surface area contributed by atoms with E-state index in [1.165, 1.54) is 11.7 Å². The smallest absolute Gasteiger partial charge is 0.408 e. The summed E-state index contributed by atoms with van der Waals surface area (Å²) in [5.41, 5.74) is -0.292. The largest absolute Gasteiger partial charge is 0.467 e. The highest BCUT2D eigenvalue weighted by Crippen LogP contribution is 2.18. The Balaban J connectivity index is 2.93. The van der Waals surface area contributed by atoms with Crippen molar-refractivity contribution in [3.63, 3.8) is 0 Å². The van der Waals surface area contributed by atoms with Crippen LogP contribution in [0.5, 0.6) is 0 Å². The Bertz CT molecular complexity index is 716. The van der Waals surface area contributed by atoms with Crippen molar-refractivity contribution in [1.29, 1.82) is 0 Å². The van der Waals surface area contributed by atoms with Crippen molar-refractivity contribution in [2.45, 2.75) is 71.3 Å². The number of amides is 1. The highest BCUT2D eigenvalue weighted by atomic mass is 127. The molecule has 1 rings (SSSR count). The molecule has 29 heavy (non-hydrogen) atoms. The van der Waals surface area contributed by atoms with Gasteiger partial charge >= 0.3 is 12.1 Å². The molecule has 1 atom stereocenters. The van der Waals surface area contributed by atoms with E-state index in [1.807, 2.05) is 22.6 Å². The quantitative estimate of drug-likeness (QED) is 0.222. The molecule has 8 nitrogen and oxygen atoms in total. The molecule has 1 aromatic heterocycles. The molecule has 1 N–H and O–H groups in total. The summed E-state index contributed by atoms with van der Waals surface area (Å²) < 4.78 is 31.6.